The number of hydrogen-bond donors (Lipinski definition) is 0. The topological polar surface area (TPSA) is 27.0 Å². The van der Waals surface area contributed by atoms with Crippen molar-refractivity contribution in [1.82, 2.24) is 0 Å². The smallest absolute Gasteiger partial charge is 0.0669 e. The first-order chi connectivity index (χ1) is 6.79. The van der Waals surface area contributed by atoms with E-state index in [-0.39, 0.29) is 0 Å². The van der Waals surface area contributed by atoms with Gasteiger partial charge in [-0.2, -0.15) is 5.26 Å². The molecule has 14 heavy (non-hydrogen) atoms. The first kappa shape index (κ1) is 9.08. The van der Waals surface area contributed by atoms with Crippen molar-refractivity contribution in [3.8, 4) is 6.07 Å². The van der Waals surface area contributed by atoms with Gasteiger partial charge in [-0.05, 0) is 23.6 Å². The Morgan fingerprint density at radius 2 is 2.29 bits per heavy atom. The zero-order valence-corrected chi connectivity index (χ0v) is 8.40. The summed E-state index contributed by atoms with van der Waals surface area (Å²) in [4.78, 5) is 2.35. The Morgan fingerprint density at radius 1 is 1.50 bits per heavy atom. The fourth-order valence-electron chi connectivity index (χ4n) is 1.86. The second kappa shape index (κ2) is 3.71. The minimum absolute atomic E-state index is 0.511. The lowest BCUT2D eigenvalue weighted by molar-refractivity contribution is 0.447. The third kappa shape index (κ3) is 1.72. The summed E-state index contributed by atoms with van der Waals surface area (Å²) in [6.45, 7) is 4.56. The molecule has 0 unspecified atom stereocenters. The number of hydrogen-bond acceptors (Lipinski definition) is 2. The highest BCUT2D eigenvalue weighted by molar-refractivity contribution is 5.51. The molecule has 1 aromatic rings. The van der Waals surface area contributed by atoms with Crippen LogP contribution < -0.4 is 4.90 Å². The molecule has 1 heterocycles. The highest BCUT2D eigenvalue weighted by atomic mass is 15.2. The molecule has 0 spiro atoms. The second-order valence-electron chi connectivity index (χ2n) is 4.01. The van der Waals surface area contributed by atoms with E-state index in [1.54, 1.807) is 0 Å². The maximum absolute atomic E-state index is 8.60. The molecule has 2 heteroatoms. The highest BCUT2D eigenvalue weighted by Gasteiger charge is 2.22. The van der Waals surface area contributed by atoms with Gasteiger partial charge in [0.15, 0.2) is 0 Å². The van der Waals surface area contributed by atoms with Crippen LogP contribution in [0, 0.1) is 17.2 Å². The SMILES string of the molecule is CC1CN(c2cccc(CC#N)c2)C1. The molecule has 0 aromatic heterocycles. The van der Waals surface area contributed by atoms with Gasteiger partial charge in [0, 0.05) is 18.8 Å². The van der Waals surface area contributed by atoms with Gasteiger partial charge in [-0.3, -0.25) is 0 Å². The second-order valence-corrected chi connectivity index (χ2v) is 4.01. The fourth-order valence-corrected chi connectivity index (χ4v) is 1.86. The van der Waals surface area contributed by atoms with Crippen LogP contribution in [0.25, 0.3) is 0 Å². The fraction of sp³-hybridized carbons (Fsp3) is 0.417. The van der Waals surface area contributed by atoms with Gasteiger partial charge in [0.25, 0.3) is 0 Å². The summed E-state index contributed by atoms with van der Waals surface area (Å²) in [5, 5.41) is 8.60. The zero-order chi connectivity index (χ0) is 9.97. The summed E-state index contributed by atoms with van der Waals surface area (Å²) in [5.74, 6) is 0.814. The van der Waals surface area contributed by atoms with Gasteiger partial charge >= 0.3 is 0 Å². The van der Waals surface area contributed by atoms with Crippen molar-refractivity contribution in [2.45, 2.75) is 13.3 Å². The van der Waals surface area contributed by atoms with E-state index in [4.69, 9.17) is 5.26 Å². The third-order valence-corrected chi connectivity index (χ3v) is 2.62. The number of anilines is 1. The van der Waals surface area contributed by atoms with Gasteiger partial charge in [-0.1, -0.05) is 19.1 Å². The van der Waals surface area contributed by atoms with Crippen LogP contribution in [-0.2, 0) is 6.42 Å². The largest absolute Gasteiger partial charge is 0.371 e. The summed E-state index contributed by atoms with van der Waals surface area (Å²) >= 11 is 0. The van der Waals surface area contributed by atoms with E-state index in [1.165, 1.54) is 5.69 Å². The molecule has 0 N–H and O–H groups in total. The molecule has 72 valence electrons. The van der Waals surface area contributed by atoms with Crippen molar-refractivity contribution in [3.05, 3.63) is 29.8 Å². The van der Waals surface area contributed by atoms with Crippen LogP contribution in [0.2, 0.25) is 0 Å². The Bertz CT molecular complexity index is 359. The normalized spacial score (nSPS) is 16.1. The molecule has 1 fully saturated rings. The predicted molar refractivity (Wildman–Crippen MR) is 57.1 cm³/mol. The van der Waals surface area contributed by atoms with Gasteiger partial charge in [-0.25, -0.2) is 0 Å². The van der Waals surface area contributed by atoms with E-state index >= 15 is 0 Å². The number of benzene rings is 1. The predicted octanol–water partition coefficient (Wildman–Crippen LogP) is 2.21. The first-order valence-corrected chi connectivity index (χ1v) is 5.00. The lowest BCUT2D eigenvalue weighted by Gasteiger charge is -2.39. The molecule has 2 rings (SSSR count). The molecular weight excluding hydrogens is 172 g/mol. The lowest BCUT2D eigenvalue weighted by atomic mass is 10.0. The van der Waals surface area contributed by atoms with Crippen molar-refractivity contribution in [2.24, 2.45) is 5.92 Å². The molecule has 1 saturated heterocycles. The third-order valence-electron chi connectivity index (χ3n) is 2.62. The van der Waals surface area contributed by atoms with E-state index < -0.39 is 0 Å². The highest BCUT2D eigenvalue weighted by Crippen LogP contribution is 2.24. The van der Waals surface area contributed by atoms with Gasteiger partial charge in [0.05, 0.1) is 12.5 Å². The van der Waals surface area contributed by atoms with Crippen molar-refractivity contribution >= 4 is 5.69 Å². The standard InChI is InChI=1S/C12H14N2/c1-10-8-14(9-10)12-4-2-3-11(7-12)5-6-13/h2-4,7,10H,5,8-9H2,1H3. The summed E-state index contributed by atoms with van der Waals surface area (Å²) in [6, 6.07) is 10.5. The van der Waals surface area contributed by atoms with Crippen LogP contribution in [0.3, 0.4) is 0 Å². The van der Waals surface area contributed by atoms with E-state index in [0.717, 1.165) is 24.6 Å². The van der Waals surface area contributed by atoms with Crippen LogP contribution in [0.1, 0.15) is 12.5 Å². The molecule has 1 aliphatic rings. The molecular formula is C12H14N2. The summed E-state index contributed by atoms with van der Waals surface area (Å²) < 4.78 is 0. The molecule has 0 amide bonds. The molecule has 0 aliphatic carbocycles. The van der Waals surface area contributed by atoms with Crippen molar-refractivity contribution in [1.29, 1.82) is 5.26 Å². The quantitative estimate of drug-likeness (QED) is 0.708. The molecule has 1 aromatic carbocycles. The summed E-state index contributed by atoms with van der Waals surface area (Å²) in [6.07, 6.45) is 0.511. The molecule has 0 bridgehead atoms. The van der Waals surface area contributed by atoms with Gasteiger partial charge < -0.3 is 4.90 Å². The minimum Gasteiger partial charge on any atom is -0.371 e. The molecule has 1 aliphatic heterocycles. The Morgan fingerprint density at radius 3 is 2.93 bits per heavy atom. The molecule has 0 radical (unpaired) electrons. The van der Waals surface area contributed by atoms with Crippen LogP contribution >= 0.6 is 0 Å². The van der Waals surface area contributed by atoms with Crippen LogP contribution in [0.15, 0.2) is 24.3 Å². The Hall–Kier alpha value is -1.49. The van der Waals surface area contributed by atoms with E-state index in [9.17, 15) is 0 Å². The van der Waals surface area contributed by atoms with Crippen molar-refractivity contribution in [3.63, 3.8) is 0 Å². The monoisotopic (exact) mass is 186 g/mol. The van der Waals surface area contributed by atoms with Gasteiger partial charge in [0.2, 0.25) is 0 Å². The zero-order valence-electron chi connectivity index (χ0n) is 8.40. The minimum atomic E-state index is 0.511. The Kier molecular flexibility index (Phi) is 2.41. The van der Waals surface area contributed by atoms with Gasteiger partial charge in [-0.15, -0.1) is 0 Å². The van der Waals surface area contributed by atoms with Crippen molar-refractivity contribution < 1.29 is 0 Å². The molecule has 0 atom stereocenters. The van der Waals surface area contributed by atoms with Crippen LogP contribution in [-0.4, -0.2) is 13.1 Å². The van der Waals surface area contributed by atoms with Crippen LogP contribution in [0.5, 0.6) is 0 Å². The average Bonchev–Trinajstić information content (AvgIpc) is 2.14. The van der Waals surface area contributed by atoms with E-state index in [1.807, 2.05) is 12.1 Å². The van der Waals surface area contributed by atoms with E-state index in [0.29, 0.717) is 6.42 Å². The molecule has 0 saturated carbocycles. The number of nitriles is 1. The Balaban J connectivity index is 2.11. The van der Waals surface area contributed by atoms with Gasteiger partial charge in [0.1, 0.15) is 0 Å². The van der Waals surface area contributed by atoms with Crippen LogP contribution in [0.4, 0.5) is 5.69 Å². The van der Waals surface area contributed by atoms with E-state index in [2.05, 4.69) is 30.0 Å². The maximum atomic E-state index is 8.60. The lowest BCUT2D eigenvalue weighted by Crippen LogP contribution is -2.45. The summed E-state index contributed by atoms with van der Waals surface area (Å²) in [7, 11) is 0. The Labute approximate surface area is 84.8 Å². The number of rotatable bonds is 2. The molecule has 2 nitrogen and oxygen atoms in total. The average molecular weight is 186 g/mol. The van der Waals surface area contributed by atoms with Crippen molar-refractivity contribution in [2.75, 3.05) is 18.0 Å². The maximum Gasteiger partial charge on any atom is 0.0669 e. The first-order valence-electron chi connectivity index (χ1n) is 5.00. The summed E-state index contributed by atoms with van der Waals surface area (Å²) in [5.41, 5.74) is 2.38. The number of nitrogens with zero attached hydrogens (tertiary/aromatic N) is 2.